The number of carbonyl (C=O) groups excluding carboxylic acids is 1. The van der Waals surface area contributed by atoms with Gasteiger partial charge in [-0.15, -0.1) is 0 Å². The van der Waals surface area contributed by atoms with Crippen LogP contribution in [0.3, 0.4) is 0 Å². The standard InChI is InChI=1S/C12H14Br2O2/c1-7(15)16-11-9(13)5-8(6-10(11)14)12(2,3)4/h5-6H,1-4H3. The normalized spacial score (nSPS) is 11.4. The second-order valence-corrected chi connectivity index (χ2v) is 6.32. The van der Waals surface area contributed by atoms with Crippen LogP contribution in [0, 0.1) is 0 Å². The fraction of sp³-hybridized carbons (Fsp3) is 0.417. The lowest BCUT2D eigenvalue weighted by Gasteiger charge is -2.20. The summed E-state index contributed by atoms with van der Waals surface area (Å²) in [5.74, 6) is 0.199. The molecular formula is C12H14Br2O2. The third-order valence-corrected chi connectivity index (χ3v) is 3.29. The van der Waals surface area contributed by atoms with Crippen LogP contribution in [0.4, 0.5) is 0 Å². The number of rotatable bonds is 1. The van der Waals surface area contributed by atoms with E-state index < -0.39 is 0 Å². The highest BCUT2D eigenvalue weighted by Crippen LogP contribution is 2.38. The Morgan fingerprint density at radius 1 is 1.19 bits per heavy atom. The van der Waals surface area contributed by atoms with Gasteiger partial charge in [0.25, 0.3) is 0 Å². The lowest BCUT2D eigenvalue weighted by molar-refractivity contribution is -0.131. The fourth-order valence-electron chi connectivity index (χ4n) is 1.23. The van der Waals surface area contributed by atoms with E-state index in [0.717, 1.165) is 8.95 Å². The molecule has 0 aliphatic carbocycles. The first-order valence-corrected chi connectivity index (χ1v) is 6.48. The minimum atomic E-state index is -0.329. The van der Waals surface area contributed by atoms with Crippen LogP contribution < -0.4 is 4.74 Å². The Morgan fingerprint density at radius 2 is 1.62 bits per heavy atom. The van der Waals surface area contributed by atoms with Crippen LogP contribution in [0.25, 0.3) is 0 Å². The molecule has 88 valence electrons. The van der Waals surface area contributed by atoms with Crippen molar-refractivity contribution >= 4 is 37.8 Å². The summed E-state index contributed by atoms with van der Waals surface area (Å²) in [6, 6.07) is 3.95. The molecule has 0 fully saturated rings. The number of benzene rings is 1. The van der Waals surface area contributed by atoms with Crippen LogP contribution in [0.15, 0.2) is 21.1 Å². The maximum atomic E-state index is 10.9. The molecule has 0 amide bonds. The van der Waals surface area contributed by atoms with Gasteiger partial charge in [0.15, 0.2) is 5.75 Å². The Hall–Kier alpha value is -0.350. The topological polar surface area (TPSA) is 26.3 Å². The summed E-state index contributed by atoms with van der Waals surface area (Å²) < 4.78 is 6.67. The Bertz CT molecular complexity index is 397. The minimum Gasteiger partial charge on any atom is -0.424 e. The van der Waals surface area contributed by atoms with Crippen LogP contribution in [-0.4, -0.2) is 5.97 Å². The van der Waals surface area contributed by atoms with Gasteiger partial charge in [-0.2, -0.15) is 0 Å². The van der Waals surface area contributed by atoms with E-state index in [1.54, 1.807) is 0 Å². The molecule has 2 nitrogen and oxygen atoms in total. The summed E-state index contributed by atoms with van der Waals surface area (Å²) in [6.07, 6.45) is 0. The first-order chi connectivity index (χ1) is 7.21. The molecule has 0 aliphatic rings. The molecule has 0 spiro atoms. The summed E-state index contributed by atoms with van der Waals surface area (Å²) in [4.78, 5) is 10.9. The van der Waals surface area contributed by atoms with Crippen molar-refractivity contribution in [2.24, 2.45) is 0 Å². The van der Waals surface area contributed by atoms with E-state index in [0.29, 0.717) is 5.75 Å². The van der Waals surface area contributed by atoms with Gasteiger partial charge in [0.05, 0.1) is 8.95 Å². The summed E-state index contributed by atoms with van der Waals surface area (Å²) in [6.45, 7) is 7.78. The van der Waals surface area contributed by atoms with Crippen molar-refractivity contribution in [3.63, 3.8) is 0 Å². The number of esters is 1. The Balaban J connectivity index is 3.23. The molecular weight excluding hydrogens is 336 g/mol. The number of hydrogen-bond acceptors (Lipinski definition) is 2. The molecule has 16 heavy (non-hydrogen) atoms. The lowest BCUT2D eigenvalue weighted by atomic mass is 9.87. The predicted molar refractivity (Wildman–Crippen MR) is 71.9 cm³/mol. The SMILES string of the molecule is CC(=O)Oc1c(Br)cc(C(C)(C)C)cc1Br. The van der Waals surface area contributed by atoms with Crippen molar-refractivity contribution in [2.75, 3.05) is 0 Å². The van der Waals surface area contributed by atoms with Crippen molar-refractivity contribution < 1.29 is 9.53 Å². The van der Waals surface area contributed by atoms with E-state index in [4.69, 9.17) is 4.74 Å². The molecule has 1 aromatic carbocycles. The van der Waals surface area contributed by atoms with Crippen molar-refractivity contribution in [3.05, 3.63) is 26.6 Å². The van der Waals surface area contributed by atoms with Gasteiger partial charge in [0, 0.05) is 6.92 Å². The van der Waals surface area contributed by atoms with Crippen molar-refractivity contribution in [1.82, 2.24) is 0 Å². The molecule has 0 atom stereocenters. The summed E-state index contributed by atoms with van der Waals surface area (Å²) >= 11 is 6.82. The van der Waals surface area contributed by atoms with E-state index in [1.165, 1.54) is 12.5 Å². The van der Waals surface area contributed by atoms with Gasteiger partial charge in [-0.25, -0.2) is 0 Å². The second kappa shape index (κ2) is 4.88. The Morgan fingerprint density at radius 3 is 1.94 bits per heavy atom. The average Bonchev–Trinajstić information content (AvgIpc) is 2.09. The molecule has 1 aromatic rings. The Kier molecular flexibility index (Phi) is 4.18. The molecule has 1 rings (SSSR count). The maximum Gasteiger partial charge on any atom is 0.308 e. The number of carbonyl (C=O) groups is 1. The van der Waals surface area contributed by atoms with E-state index in [9.17, 15) is 4.79 Å². The number of ether oxygens (including phenoxy) is 1. The molecule has 0 bridgehead atoms. The lowest BCUT2D eigenvalue weighted by Crippen LogP contribution is -2.12. The molecule has 0 aliphatic heterocycles. The summed E-state index contributed by atoms with van der Waals surface area (Å²) in [5, 5.41) is 0. The van der Waals surface area contributed by atoms with Gasteiger partial charge in [0.2, 0.25) is 0 Å². The average molecular weight is 350 g/mol. The largest absolute Gasteiger partial charge is 0.424 e. The van der Waals surface area contributed by atoms with Crippen LogP contribution >= 0.6 is 31.9 Å². The molecule has 4 heteroatoms. The van der Waals surface area contributed by atoms with E-state index in [1.807, 2.05) is 12.1 Å². The molecule has 0 heterocycles. The van der Waals surface area contributed by atoms with Gasteiger partial charge >= 0.3 is 5.97 Å². The molecule has 0 saturated heterocycles. The van der Waals surface area contributed by atoms with Gasteiger partial charge in [-0.3, -0.25) is 4.79 Å². The monoisotopic (exact) mass is 348 g/mol. The highest BCUT2D eigenvalue weighted by molar-refractivity contribution is 9.11. The highest BCUT2D eigenvalue weighted by atomic mass is 79.9. The quantitative estimate of drug-likeness (QED) is 0.553. The van der Waals surface area contributed by atoms with Crippen LogP contribution in [0.2, 0.25) is 0 Å². The molecule has 0 unspecified atom stereocenters. The highest BCUT2D eigenvalue weighted by Gasteiger charge is 2.18. The number of hydrogen-bond donors (Lipinski definition) is 0. The van der Waals surface area contributed by atoms with Gasteiger partial charge in [-0.05, 0) is 55.0 Å². The molecule has 0 radical (unpaired) electrons. The van der Waals surface area contributed by atoms with Gasteiger partial charge < -0.3 is 4.74 Å². The summed E-state index contributed by atoms with van der Waals surface area (Å²) in [7, 11) is 0. The second-order valence-electron chi connectivity index (χ2n) is 4.61. The van der Waals surface area contributed by atoms with Crippen molar-refractivity contribution in [2.45, 2.75) is 33.1 Å². The van der Waals surface area contributed by atoms with E-state index in [2.05, 4.69) is 52.6 Å². The van der Waals surface area contributed by atoms with Gasteiger partial charge in [0.1, 0.15) is 0 Å². The van der Waals surface area contributed by atoms with Gasteiger partial charge in [-0.1, -0.05) is 20.8 Å². The maximum absolute atomic E-state index is 10.9. The van der Waals surface area contributed by atoms with E-state index >= 15 is 0 Å². The molecule has 0 aromatic heterocycles. The summed E-state index contributed by atoms with van der Waals surface area (Å²) in [5.41, 5.74) is 1.22. The van der Waals surface area contributed by atoms with E-state index in [-0.39, 0.29) is 11.4 Å². The zero-order chi connectivity index (χ0) is 12.5. The Labute approximate surface area is 113 Å². The zero-order valence-electron chi connectivity index (χ0n) is 9.73. The smallest absolute Gasteiger partial charge is 0.308 e. The number of halogens is 2. The first kappa shape index (κ1) is 13.7. The van der Waals surface area contributed by atoms with Crippen LogP contribution in [0.5, 0.6) is 5.75 Å². The molecule has 0 saturated carbocycles. The third-order valence-electron chi connectivity index (χ3n) is 2.11. The first-order valence-electron chi connectivity index (χ1n) is 4.90. The van der Waals surface area contributed by atoms with Crippen molar-refractivity contribution in [3.8, 4) is 5.75 Å². The van der Waals surface area contributed by atoms with Crippen LogP contribution in [-0.2, 0) is 10.2 Å². The minimum absolute atomic E-state index is 0.0554. The van der Waals surface area contributed by atoms with Crippen LogP contribution in [0.1, 0.15) is 33.3 Å². The fourth-order valence-corrected chi connectivity index (χ4v) is 2.58. The predicted octanol–water partition coefficient (Wildman–Crippen LogP) is 4.43. The zero-order valence-corrected chi connectivity index (χ0v) is 12.9. The van der Waals surface area contributed by atoms with Crippen molar-refractivity contribution in [1.29, 1.82) is 0 Å². The third kappa shape index (κ3) is 3.32. The molecule has 0 N–H and O–H groups in total.